The number of hydrogen-bond acceptors (Lipinski definition) is 6. The number of aromatic nitrogens is 4. The van der Waals surface area contributed by atoms with Crippen molar-refractivity contribution in [3.63, 3.8) is 0 Å². The van der Waals surface area contributed by atoms with Crippen LogP contribution in [0, 0.1) is 6.92 Å². The van der Waals surface area contributed by atoms with Gasteiger partial charge in [-0.1, -0.05) is 20.8 Å². The first kappa shape index (κ1) is 14.8. The second kappa shape index (κ2) is 5.41. The molecule has 0 fully saturated rings. The molecule has 0 spiro atoms. The maximum absolute atomic E-state index is 5.56. The zero-order valence-corrected chi connectivity index (χ0v) is 13.2. The Balaban J connectivity index is 2.48. The summed E-state index contributed by atoms with van der Waals surface area (Å²) in [5, 5.41) is 1.75. The summed E-state index contributed by atoms with van der Waals surface area (Å²) in [7, 11) is 1.96. The average molecular weight is 292 g/mol. The van der Waals surface area contributed by atoms with Crippen molar-refractivity contribution in [2.45, 2.75) is 43.3 Å². The predicted molar refractivity (Wildman–Crippen MR) is 80.6 cm³/mol. The molecular weight excluding hydrogens is 272 g/mol. The molecule has 3 N–H and O–H groups in total. The van der Waals surface area contributed by atoms with E-state index in [0.29, 0.717) is 5.82 Å². The molecule has 20 heavy (non-hydrogen) atoms. The van der Waals surface area contributed by atoms with Crippen molar-refractivity contribution in [3.05, 3.63) is 23.8 Å². The minimum Gasteiger partial charge on any atom is -0.329 e. The third-order valence-corrected chi connectivity index (χ3v) is 4.04. The molecule has 2 aromatic heterocycles. The molecule has 0 unspecified atom stereocenters. The van der Waals surface area contributed by atoms with Crippen molar-refractivity contribution in [1.82, 2.24) is 19.5 Å². The molecule has 0 aromatic carbocycles. The summed E-state index contributed by atoms with van der Waals surface area (Å²) in [6.45, 7) is 8.18. The van der Waals surface area contributed by atoms with Crippen molar-refractivity contribution in [2.24, 2.45) is 12.9 Å². The minimum absolute atomic E-state index is 0.143. The van der Waals surface area contributed by atoms with E-state index in [1.807, 2.05) is 24.7 Å². The van der Waals surface area contributed by atoms with E-state index in [2.05, 4.69) is 41.1 Å². The van der Waals surface area contributed by atoms with E-state index in [9.17, 15) is 0 Å². The number of hydrazine groups is 1. The highest BCUT2D eigenvalue weighted by Gasteiger charge is 2.21. The molecule has 2 rings (SSSR count). The molecule has 7 heteroatoms. The normalized spacial score (nSPS) is 11.7. The van der Waals surface area contributed by atoms with Gasteiger partial charge in [0.25, 0.3) is 0 Å². The van der Waals surface area contributed by atoms with E-state index >= 15 is 0 Å². The van der Waals surface area contributed by atoms with Crippen LogP contribution in [0.3, 0.4) is 0 Å². The number of anilines is 1. The number of nitrogens with one attached hydrogen (secondary N) is 1. The van der Waals surface area contributed by atoms with Gasteiger partial charge in [-0.2, -0.15) is 0 Å². The molecule has 108 valence electrons. The number of imidazole rings is 1. The Kier molecular flexibility index (Phi) is 4.01. The van der Waals surface area contributed by atoms with Crippen LogP contribution in [0.5, 0.6) is 0 Å². The van der Waals surface area contributed by atoms with E-state index in [4.69, 9.17) is 5.84 Å². The van der Waals surface area contributed by atoms with Crippen LogP contribution in [0.15, 0.2) is 22.6 Å². The molecule has 0 aliphatic heterocycles. The molecule has 0 aliphatic carbocycles. The Morgan fingerprint density at radius 3 is 2.50 bits per heavy atom. The molecule has 0 radical (unpaired) electrons. The number of nitrogens with two attached hydrogens (primary N) is 1. The van der Waals surface area contributed by atoms with E-state index in [0.717, 1.165) is 21.6 Å². The summed E-state index contributed by atoms with van der Waals surface area (Å²) in [4.78, 5) is 13.5. The number of nitrogen functional groups attached to an aromatic ring is 1. The van der Waals surface area contributed by atoms with Gasteiger partial charge in [0.15, 0.2) is 5.16 Å². The second-order valence-electron chi connectivity index (χ2n) is 5.64. The summed E-state index contributed by atoms with van der Waals surface area (Å²) >= 11 is 1.51. The first-order chi connectivity index (χ1) is 9.32. The van der Waals surface area contributed by atoms with Crippen molar-refractivity contribution >= 4 is 17.6 Å². The molecule has 0 aliphatic rings. The van der Waals surface area contributed by atoms with Crippen molar-refractivity contribution in [2.75, 3.05) is 5.43 Å². The SMILES string of the molecule is Cc1c(NN)nc(C(C)(C)C)nc1Sc1nccn1C. The van der Waals surface area contributed by atoms with Crippen LogP contribution >= 0.6 is 11.8 Å². The van der Waals surface area contributed by atoms with Crippen LogP contribution in [-0.4, -0.2) is 19.5 Å². The van der Waals surface area contributed by atoms with E-state index in [1.54, 1.807) is 6.20 Å². The Hall–Kier alpha value is -1.60. The fourth-order valence-corrected chi connectivity index (χ4v) is 2.48. The molecule has 0 bridgehead atoms. The number of hydrogen-bond donors (Lipinski definition) is 2. The lowest BCUT2D eigenvalue weighted by Crippen LogP contribution is -2.20. The zero-order chi connectivity index (χ0) is 14.9. The summed E-state index contributed by atoms with van der Waals surface area (Å²) in [5.74, 6) is 6.98. The molecule has 2 heterocycles. The second-order valence-corrected chi connectivity index (χ2v) is 6.60. The largest absolute Gasteiger partial charge is 0.329 e. The van der Waals surface area contributed by atoms with Crippen LogP contribution < -0.4 is 11.3 Å². The summed E-state index contributed by atoms with van der Waals surface area (Å²) in [6, 6.07) is 0. The lowest BCUT2D eigenvalue weighted by atomic mass is 9.95. The minimum atomic E-state index is -0.143. The summed E-state index contributed by atoms with van der Waals surface area (Å²) in [6.07, 6.45) is 3.68. The van der Waals surface area contributed by atoms with Gasteiger partial charge in [-0.3, -0.25) is 0 Å². The highest BCUT2D eigenvalue weighted by Crippen LogP contribution is 2.32. The summed E-state index contributed by atoms with van der Waals surface area (Å²) < 4.78 is 1.96. The van der Waals surface area contributed by atoms with E-state index < -0.39 is 0 Å². The molecule has 0 saturated carbocycles. The van der Waals surface area contributed by atoms with Crippen LogP contribution in [0.2, 0.25) is 0 Å². The fraction of sp³-hybridized carbons (Fsp3) is 0.462. The molecule has 0 amide bonds. The van der Waals surface area contributed by atoms with Gasteiger partial charge in [-0.25, -0.2) is 20.8 Å². The number of rotatable bonds is 3. The lowest BCUT2D eigenvalue weighted by Gasteiger charge is -2.19. The quantitative estimate of drug-likeness (QED) is 0.513. The third-order valence-electron chi connectivity index (χ3n) is 2.87. The first-order valence-corrected chi connectivity index (χ1v) is 7.15. The fourth-order valence-electron chi connectivity index (χ4n) is 1.61. The molecule has 0 atom stereocenters. The highest BCUT2D eigenvalue weighted by atomic mass is 32.2. The number of nitrogens with zero attached hydrogens (tertiary/aromatic N) is 4. The standard InChI is InChI=1S/C13H20N6S/c1-8-9(18-14)16-11(13(2,3)4)17-10(8)20-12-15-6-7-19(12)5/h6-7H,14H2,1-5H3,(H,16,17,18). The van der Waals surface area contributed by atoms with Gasteiger partial charge in [-0.15, -0.1) is 0 Å². The first-order valence-electron chi connectivity index (χ1n) is 6.34. The topological polar surface area (TPSA) is 81.7 Å². The molecule has 6 nitrogen and oxygen atoms in total. The van der Waals surface area contributed by atoms with Gasteiger partial charge in [0.05, 0.1) is 0 Å². The Morgan fingerprint density at radius 1 is 1.30 bits per heavy atom. The molecule has 0 saturated heterocycles. The van der Waals surface area contributed by atoms with Gasteiger partial charge in [0, 0.05) is 30.4 Å². The van der Waals surface area contributed by atoms with Gasteiger partial charge in [0.1, 0.15) is 16.7 Å². The maximum atomic E-state index is 5.56. The predicted octanol–water partition coefficient (Wildman–Crippen LogP) is 2.25. The Bertz CT molecular complexity index is 614. The van der Waals surface area contributed by atoms with Crippen molar-refractivity contribution in [3.8, 4) is 0 Å². The average Bonchev–Trinajstić information content (AvgIpc) is 2.76. The van der Waals surface area contributed by atoms with Crippen molar-refractivity contribution in [1.29, 1.82) is 0 Å². The van der Waals surface area contributed by atoms with Gasteiger partial charge < -0.3 is 9.99 Å². The maximum Gasteiger partial charge on any atom is 0.174 e. The number of aryl methyl sites for hydroxylation is 1. The van der Waals surface area contributed by atoms with Crippen LogP contribution in [0.4, 0.5) is 5.82 Å². The van der Waals surface area contributed by atoms with E-state index in [1.165, 1.54) is 11.8 Å². The molecular formula is C13H20N6S. The van der Waals surface area contributed by atoms with Crippen LogP contribution in [0.25, 0.3) is 0 Å². The van der Waals surface area contributed by atoms with E-state index in [-0.39, 0.29) is 5.41 Å². The highest BCUT2D eigenvalue weighted by molar-refractivity contribution is 7.99. The van der Waals surface area contributed by atoms with Gasteiger partial charge >= 0.3 is 0 Å². The third kappa shape index (κ3) is 2.94. The van der Waals surface area contributed by atoms with Gasteiger partial charge in [0.2, 0.25) is 0 Å². The lowest BCUT2D eigenvalue weighted by molar-refractivity contribution is 0.538. The molecule has 2 aromatic rings. The van der Waals surface area contributed by atoms with Gasteiger partial charge in [-0.05, 0) is 18.7 Å². The van der Waals surface area contributed by atoms with Crippen molar-refractivity contribution < 1.29 is 0 Å². The zero-order valence-electron chi connectivity index (χ0n) is 12.4. The Labute approximate surface area is 123 Å². The summed E-state index contributed by atoms with van der Waals surface area (Å²) in [5.41, 5.74) is 3.43. The van der Waals surface area contributed by atoms with Crippen LogP contribution in [-0.2, 0) is 12.5 Å². The smallest absolute Gasteiger partial charge is 0.174 e. The Morgan fingerprint density at radius 2 is 2.00 bits per heavy atom. The monoisotopic (exact) mass is 292 g/mol. The van der Waals surface area contributed by atoms with Crippen LogP contribution in [0.1, 0.15) is 32.2 Å².